The molecule has 2 heterocycles. The van der Waals surface area contributed by atoms with Crippen LogP contribution >= 0.6 is 11.8 Å². The highest BCUT2D eigenvalue weighted by Crippen LogP contribution is 2.46. The van der Waals surface area contributed by atoms with Gasteiger partial charge < -0.3 is 9.32 Å². The van der Waals surface area contributed by atoms with Gasteiger partial charge in [-0.25, -0.2) is 0 Å². The Hall–Kier alpha value is -2.86. The fourth-order valence-electron chi connectivity index (χ4n) is 4.07. The van der Waals surface area contributed by atoms with E-state index in [1.54, 1.807) is 6.08 Å². The third kappa shape index (κ3) is 3.79. The van der Waals surface area contributed by atoms with Gasteiger partial charge in [-0.1, -0.05) is 61.0 Å². The number of aryl methyl sites for hydroxylation is 2. The van der Waals surface area contributed by atoms with Crippen molar-refractivity contribution in [2.45, 2.75) is 38.3 Å². The summed E-state index contributed by atoms with van der Waals surface area (Å²) in [6.45, 7) is 8.37. The van der Waals surface area contributed by atoms with E-state index < -0.39 is 0 Å². The molecule has 0 saturated carbocycles. The summed E-state index contributed by atoms with van der Waals surface area (Å²) in [5.41, 5.74) is 6.33. The molecular weight excluding hydrogens is 394 g/mol. The van der Waals surface area contributed by atoms with Gasteiger partial charge in [0.05, 0.1) is 5.75 Å². The number of thioether (sulfide) groups is 1. The molecule has 0 unspecified atom stereocenters. The molecule has 0 amide bonds. The van der Waals surface area contributed by atoms with E-state index in [4.69, 9.17) is 4.42 Å². The number of carbonyl (C=O) groups is 1. The Morgan fingerprint density at radius 2 is 1.83 bits per heavy atom. The van der Waals surface area contributed by atoms with Crippen molar-refractivity contribution in [3.05, 3.63) is 70.9 Å². The van der Waals surface area contributed by atoms with E-state index in [0.717, 1.165) is 28.1 Å². The number of aromatic nitrogens is 2. The number of para-hydroxylation sites is 1. The maximum atomic E-state index is 12.7. The molecule has 0 saturated heterocycles. The molecule has 3 aromatic rings. The molecule has 0 radical (unpaired) electrons. The third-order valence-corrected chi connectivity index (χ3v) is 6.29. The van der Waals surface area contributed by atoms with E-state index in [2.05, 4.69) is 47.1 Å². The molecule has 4 rings (SSSR count). The normalized spacial score (nSPS) is 16.2. The van der Waals surface area contributed by atoms with Gasteiger partial charge in [-0.15, -0.1) is 10.2 Å². The summed E-state index contributed by atoms with van der Waals surface area (Å²) in [5.74, 6) is 0.745. The Kier molecular flexibility index (Phi) is 5.28. The van der Waals surface area contributed by atoms with Crippen molar-refractivity contribution in [3.8, 4) is 11.5 Å². The molecule has 2 aromatic carbocycles. The van der Waals surface area contributed by atoms with E-state index in [1.165, 1.54) is 17.3 Å². The van der Waals surface area contributed by atoms with Crippen molar-refractivity contribution in [3.63, 3.8) is 0 Å². The highest BCUT2D eigenvalue weighted by molar-refractivity contribution is 7.99. The van der Waals surface area contributed by atoms with Crippen LogP contribution in [0.3, 0.4) is 0 Å². The Morgan fingerprint density at radius 3 is 2.53 bits per heavy atom. The fourth-order valence-corrected chi connectivity index (χ4v) is 4.65. The van der Waals surface area contributed by atoms with Crippen molar-refractivity contribution in [1.29, 1.82) is 0 Å². The van der Waals surface area contributed by atoms with Crippen LogP contribution in [0.1, 0.15) is 30.5 Å². The second-order valence-electron chi connectivity index (χ2n) is 8.24. The highest BCUT2D eigenvalue weighted by Gasteiger charge is 2.38. The van der Waals surface area contributed by atoms with Crippen LogP contribution in [-0.2, 0) is 10.2 Å². The van der Waals surface area contributed by atoms with Gasteiger partial charge in [0.1, 0.15) is 0 Å². The highest BCUT2D eigenvalue weighted by atomic mass is 32.2. The molecule has 5 nitrogen and oxygen atoms in total. The number of hydrogen-bond acceptors (Lipinski definition) is 6. The Balaban J connectivity index is 1.47. The summed E-state index contributed by atoms with van der Waals surface area (Å²) < 4.78 is 5.77. The maximum Gasteiger partial charge on any atom is 0.277 e. The largest absolute Gasteiger partial charge is 0.411 e. The van der Waals surface area contributed by atoms with Gasteiger partial charge in [0, 0.05) is 35.5 Å². The van der Waals surface area contributed by atoms with Gasteiger partial charge in [-0.3, -0.25) is 4.79 Å². The summed E-state index contributed by atoms with van der Waals surface area (Å²) in [7, 11) is 2.01. The van der Waals surface area contributed by atoms with Gasteiger partial charge in [0.15, 0.2) is 5.78 Å². The molecule has 154 valence electrons. The lowest BCUT2D eigenvalue weighted by molar-refractivity contribution is -0.112. The van der Waals surface area contributed by atoms with Crippen molar-refractivity contribution in [2.75, 3.05) is 17.7 Å². The second kappa shape index (κ2) is 7.76. The molecular formula is C24H25N3O2S. The summed E-state index contributed by atoms with van der Waals surface area (Å²) in [6.07, 6.45) is 1.74. The number of likely N-dealkylation sites (N-methyl/N-ethyl adjacent to an activating group) is 1. The molecule has 0 N–H and O–H groups in total. The Labute approximate surface area is 181 Å². The minimum Gasteiger partial charge on any atom is -0.411 e. The molecule has 0 atom stereocenters. The standard InChI is InChI=1S/C24H25N3O2S/c1-15-10-16(2)12-17(11-15)22-25-26-23(29-22)30-14-18(28)13-21-24(3,4)19-8-6-7-9-20(19)27(21)5/h6-13H,14H2,1-5H3/b21-13-. The average molecular weight is 420 g/mol. The van der Waals surface area contributed by atoms with Crippen molar-refractivity contribution in [2.24, 2.45) is 0 Å². The zero-order chi connectivity index (χ0) is 21.5. The smallest absolute Gasteiger partial charge is 0.277 e. The van der Waals surface area contributed by atoms with Crippen LogP contribution in [0.15, 0.2) is 63.9 Å². The van der Waals surface area contributed by atoms with Crippen LogP contribution < -0.4 is 4.90 Å². The van der Waals surface area contributed by atoms with Gasteiger partial charge >= 0.3 is 0 Å². The summed E-state index contributed by atoms with van der Waals surface area (Å²) in [4.78, 5) is 14.8. The first-order valence-electron chi connectivity index (χ1n) is 9.89. The van der Waals surface area contributed by atoms with Crippen molar-refractivity contribution < 1.29 is 9.21 Å². The first kappa shape index (κ1) is 20.4. The second-order valence-corrected chi connectivity index (χ2v) is 9.16. The minimum absolute atomic E-state index is 0.0221. The Bertz CT molecular complexity index is 1130. The number of carbonyl (C=O) groups excluding carboxylic acids is 1. The molecule has 1 aliphatic heterocycles. The van der Waals surface area contributed by atoms with E-state index >= 15 is 0 Å². The van der Waals surface area contributed by atoms with Gasteiger partial charge in [0.2, 0.25) is 5.89 Å². The number of fused-ring (bicyclic) bond motifs is 1. The van der Waals surface area contributed by atoms with Crippen LogP contribution in [0.2, 0.25) is 0 Å². The molecule has 0 bridgehead atoms. The average Bonchev–Trinajstić information content (AvgIpc) is 3.24. The number of rotatable bonds is 5. The molecule has 0 spiro atoms. The molecule has 30 heavy (non-hydrogen) atoms. The monoisotopic (exact) mass is 419 g/mol. The quantitative estimate of drug-likeness (QED) is 0.412. The van der Waals surface area contributed by atoms with E-state index in [1.807, 2.05) is 45.2 Å². The number of nitrogens with zero attached hydrogens (tertiary/aromatic N) is 3. The van der Waals surface area contributed by atoms with Crippen LogP contribution in [0.5, 0.6) is 0 Å². The maximum absolute atomic E-state index is 12.7. The van der Waals surface area contributed by atoms with Gasteiger partial charge in [-0.05, 0) is 37.6 Å². The fraction of sp³-hybridized carbons (Fsp3) is 0.292. The number of anilines is 1. The van der Waals surface area contributed by atoms with Crippen LogP contribution in [0.4, 0.5) is 5.69 Å². The van der Waals surface area contributed by atoms with Crippen molar-refractivity contribution in [1.82, 2.24) is 10.2 Å². The summed E-state index contributed by atoms with van der Waals surface area (Å²) in [5, 5.41) is 8.64. The predicted octanol–water partition coefficient (Wildman–Crippen LogP) is 5.33. The predicted molar refractivity (Wildman–Crippen MR) is 121 cm³/mol. The number of benzene rings is 2. The third-order valence-electron chi connectivity index (χ3n) is 5.45. The van der Waals surface area contributed by atoms with Crippen LogP contribution in [0.25, 0.3) is 11.5 Å². The number of hydrogen-bond donors (Lipinski definition) is 0. The topological polar surface area (TPSA) is 59.2 Å². The number of ketones is 1. The zero-order valence-corrected chi connectivity index (χ0v) is 18.7. The van der Waals surface area contributed by atoms with E-state index in [0.29, 0.717) is 11.1 Å². The molecule has 0 aliphatic carbocycles. The zero-order valence-electron chi connectivity index (χ0n) is 17.9. The van der Waals surface area contributed by atoms with Crippen LogP contribution in [0, 0.1) is 13.8 Å². The lowest BCUT2D eigenvalue weighted by Crippen LogP contribution is -2.24. The van der Waals surface area contributed by atoms with E-state index in [9.17, 15) is 4.79 Å². The molecule has 6 heteroatoms. The lowest BCUT2D eigenvalue weighted by atomic mass is 9.83. The molecule has 1 aliphatic rings. The molecule has 0 fully saturated rings. The van der Waals surface area contributed by atoms with Crippen molar-refractivity contribution >= 4 is 23.2 Å². The number of allylic oxidation sites excluding steroid dienone is 2. The summed E-state index contributed by atoms with van der Waals surface area (Å²) in [6, 6.07) is 14.4. The SMILES string of the molecule is Cc1cc(C)cc(-c2nnc(SCC(=O)/C=C3\N(C)c4ccccc4C3(C)C)o2)c1. The Morgan fingerprint density at radius 1 is 1.13 bits per heavy atom. The summed E-state index contributed by atoms with van der Waals surface area (Å²) >= 11 is 1.27. The van der Waals surface area contributed by atoms with Gasteiger partial charge in [0.25, 0.3) is 5.22 Å². The first-order chi connectivity index (χ1) is 14.3. The lowest BCUT2D eigenvalue weighted by Gasteiger charge is -2.23. The van der Waals surface area contributed by atoms with E-state index in [-0.39, 0.29) is 17.0 Å². The molecule has 1 aromatic heterocycles. The van der Waals surface area contributed by atoms with Gasteiger partial charge in [-0.2, -0.15) is 0 Å². The first-order valence-corrected chi connectivity index (χ1v) is 10.9. The van der Waals surface area contributed by atoms with Crippen LogP contribution in [-0.4, -0.2) is 28.8 Å². The minimum atomic E-state index is -0.216.